The smallest absolute Gasteiger partial charge is 0.234 e. The average Bonchev–Trinajstić information content (AvgIpc) is 2.27. The van der Waals surface area contributed by atoms with Crippen molar-refractivity contribution < 1.29 is 9.53 Å². The lowest BCUT2D eigenvalue weighted by Crippen LogP contribution is -2.33. The molecule has 2 rings (SSSR count). The average molecular weight is 318 g/mol. The van der Waals surface area contributed by atoms with Crippen molar-refractivity contribution in [3.05, 3.63) is 15.8 Å². The van der Waals surface area contributed by atoms with Crippen LogP contribution in [0, 0.1) is 8.99 Å². The summed E-state index contributed by atoms with van der Waals surface area (Å²) in [5.74, 6) is 1.08. The van der Waals surface area contributed by atoms with Crippen molar-refractivity contribution >= 4 is 34.3 Å². The molecule has 1 aliphatic rings. The molecule has 0 spiro atoms. The molecule has 0 saturated carbocycles. The summed E-state index contributed by atoms with van der Waals surface area (Å²) in [5.41, 5.74) is -0.522. The quantitative estimate of drug-likeness (QED) is 0.745. The van der Waals surface area contributed by atoms with Crippen LogP contribution in [-0.2, 0) is 4.79 Å². The lowest BCUT2D eigenvalue weighted by atomic mass is 9.94. The zero-order chi connectivity index (χ0) is 11.1. The van der Waals surface area contributed by atoms with E-state index in [4.69, 9.17) is 4.74 Å². The Labute approximate surface area is 102 Å². The minimum atomic E-state index is -0.522. The lowest BCUT2D eigenvalue weighted by molar-refractivity contribution is -0.124. The highest BCUT2D eigenvalue weighted by Crippen LogP contribution is 2.31. The second kappa shape index (κ2) is 3.62. The molecule has 0 bridgehead atoms. The molecule has 1 aromatic heterocycles. The number of aromatic nitrogens is 1. The first-order valence-corrected chi connectivity index (χ1v) is 5.67. The van der Waals surface area contributed by atoms with Crippen LogP contribution in [0.3, 0.4) is 0 Å². The van der Waals surface area contributed by atoms with Crippen molar-refractivity contribution in [1.82, 2.24) is 4.98 Å². The van der Waals surface area contributed by atoms with Gasteiger partial charge in [-0.25, -0.2) is 4.98 Å². The molecule has 1 N–H and O–H groups in total. The molecular weight excluding hydrogens is 307 g/mol. The van der Waals surface area contributed by atoms with Crippen LogP contribution in [0.2, 0.25) is 0 Å². The predicted molar refractivity (Wildman–Crippen MR) is 64.9 cm³/mol. The van der Waals surface area contributed by atoms with Gasteiger partial charge in [-0.05, 0) is 42.5 Å². The number of pyridine rings is 1. The monoisotopic (exact) mass is 318 g/mol. The van der Waals surface area contributed by atoms with Gasteiger partial charge in [-0.15, -0.1) is 0 Å². The first-order valence-electron chi connectivity index (χ1n) is 4.59. The predicted octanol–water partition coefficient (Wildman–Crippen LogP) is 2.04. The Hall–Kier alpha value is -0.850. The summed E-state index contributed by atoms with van der Waals surface area (Å²) in [5, 5.41) is 2.76. The molecule has 1 aromatic rings. The number of carbonyl (C=O) groups is 1. The highest BCUT2D eigenvalue weighted by atomic mass is 127. The summed E-state index contributed by atoms with van der Waals surface area (Å²) >= 11 is 2.16. The van der Waals surface area contributed by atoms with Gasteiger partial charge in [0.15, 0.2) is 11.6 Å². The zero-order valence-corrected chi connectivity index (χ0v) is 10.7. The molecule has 80 valence electrons. The Morgan fingerprint density at radius 2 is 2.33 bits per heavy atom. The summed E-state index contributed by atoms with van der Waals surface area (Å²) in [4.78, 5) is 15.9. The fourth-order valence-corrected chi connectivity index (χ4v) is 1.65. The summed E-state index contributed by atoms with van der Waals surface area (Å²) < 4.78 is 6.55. The number of halogens is 1. The second-order valence-electron chi connectivity index (χ2n) is 4.13. The summed E-state index contributed by atoms with van der Waals surface area (Å²) in [7, 11) is 0. The number of fused-ring (bicyclic) bond motifs is 1. The minimum Gasteiger partial charge on any atom is -0.489 e. The molecule has 15 heavy (non-hydrogen) atoms. The Morgan fingerprint density at radius 3 is 3.07 bits per heavy atom. The molecule has 1 aliphatic heterocycles. The zero-order valence-electron chi connectivity index (χ0n) is 8.50. The molecule has 1 amide bonds. The number of rotatable bonds is 0. The molecule has 4 nitrogen and oxygen atoms in total. The van der Waals surface area contributed by atoms with Gasteiger partial charge in [-0.3, -0.25) is 4.79 Å². The molecule has 0 aromatic carbocycles. The van der Waals surface area contributed by atoms with Crippen molar-refractivity contribution in [3.63, 3.8) is 0 Å². The van der Waals surface area contributed by atoms with Gasteiger partial charge in [0.1, 0.15) is 6.61 Å². The van der Waals surface area contributed by atoms with Crippen molar-refractivity contribution in [2.24, 2.45) is 5.41 Å². The molecule has 0 radical (unpaired) electrons. The van der Waals surface area contributed by atoms with Crippen molar-refractivity contribution in [2.45, 2.75) is 13.8 Å². The SMILES string of the molecule is CC1(C)COc2cc(I)cnc2NC1=O. The van der Waals surface area contributed by atoms with Gasteiger partial charge in [-0.1, -0.05) is 0 Å². The molecule has 0 fully saturated rings. The fourth-order valence-electron chi connectivity index (χ4n) is 1.23. The maximum atomic E-state index is 11.8. The molecule has 0 atom stereocenters. The largest absolute Gasteiger partial charge is 0.489 e. The third-order valence-electron chi connectivity index (χ3n) is 2.25. The van der Waals surface area contributed by atoms with E-state index in [1.54, 1.807) is 6.20 Å². The Kier molecular flexibility index (Phi) is 2.57. The van der Waals surface area contributed by atoms with Crippen molar-refractivity contribution in [2.75, 3.05) is 11.9 Å². The molecule has 5 heteroatoms. The Bertz CT molecular complexity index is 418. The van der Waals surface area contributed by atoms with E-state index in [0.717, 1.165) is 3.57 Å². The number of nitrogens with one attached hydrogen (secondary N) is 1. The third kappa shape index (κ3) is 2.06. The van der Waals surface area contributed by atoms with E-state index in [1.807, 2.05) is 19.9 Å². The lowest BCUT2D eigenvalue weighted by Gasteiger charge is -2.18. The molecular formula is C10H11IN2O2. The molecule has 0 aliphatic carbocycles. The number of carbonyl (C=O) groups excluding carboxylic acids is 1. The van der Waals surface area contributed by atoms with Crippen LogP contribution < -0.4 is 10.1 Å². The van der Waals surface area contributed by atoms with E-state index in [1.165, 1.54) is 0 Å². The van der Waals surface area contributed by atoms with Gasteiger partial charge in [0.2, 0.25) is 5.91 Å². The molecule has 0 unspecified atom stereocenters. The highest BCUT2D eigenvalue weighted by molar-refractivity contribution is 14.1. The minimum absolute atomic E-state index is 0.0602. The third-order valence-corrected chi connectivity index (χ3v) is 2.84. The van der Waals surface area contributed by atoms with Crippen LogP contribution in [0.25, 0.3) is 0 Å². The van der Waals surface area contributed by atoms with Crippen LogP contribution in [0.4, 0.5) is 5.82 Å². The van der Waals surface area contributed by atoms with E-state index in [9.17, 15) is 4.79 Å². The standard InChI is InChI=1S/C10H11IN2O2/c1-10(2)5-15-7-3-6(11)4-12-8(7)13-9(10)14/h3-4H,5H2,1-2H3,(H,12,13,14). The van der Waals surface area contributed by atoms with Crippen molar-refractivity contribution in [1.29, 1.82) is 0 Å². The number of hydrogen-bond donors (Lipinski definition) is 1. The topological polar surface area (TPSA) is 51.2 Å². The first-order chi connectivity index (χ1) is 6.99. The number of nitrogens with zero attached hydrogens (tertiary/aromatic N) is 1. The van der Waals surface area contributed by atoms with E-state index in [2.05, 4.69) is 32.9 Å². The molecule has 0 saturated heterocycles. The maximum Gasteiger partial charge on any atom is 0.234 e. The first kappa shape index (κ1) is 10.7. The summed E-state index contributed by atoms with van der Waals surface area (Å²) in [6.07, 6.45) is 1.70. The highest BCUT2D eigenvalue weighted by Gasteiger charge is 2.32. The van der Waals surface area contributed by atoms with Gasteiger partial charge in [0.25, 0.3) is 0 Å². The van der Waals surface area contributed by atoms with E-state index in [-0.39, 0.29) is 5.91 Å². The molecule has 2 heterocycles. The Balaban J connectivity index is 2.40. The van der Waals surface area contributed by atoms with Crippen LogP contribution in [0.5, 0.6) is 5.75 Å². The van der Waals surface area contributed by atoms with Gasteiger partial charge in [-0.2, -0.15) is 0 Å². The van der Waals surface area contributed by atoms with Gasteiger partial charge in [0, 0.05) is 9.77 Å². The van der Waals surface area contributed by atoms with Crippen LogP contribution in [0.1, 0.15) is 13.8 Å². The van der Waals surface area contributed by atoms with Gasteiger partial charge >= 0.3 is 0 Å². The van der Waals surface area contributed by atoms with Gasteiger partial charge < -0.3 is 10.1 Å². The Morgan fingerprint density at radius 1 is 1.60 bits per heavy atom. The number of hydrogen-bond acceptors (Lipinski definition) is 3. The van der Waals surface area contributed by atoms with Crippen LogP contribution in [-0.4, -0.2) is 17.5 Å². The number of anilines is 1. The van der Waals surface area contributed by atoms with Crippen LogP contribution in [0.15, 0.2) is 12.3 Å². The van der Waals surface area contributed by atoms with Crippen LogP contribution >= 0.6 is 22.6 Å². The maximum absolute atomic E-state index is 11.8. The van der Waals surface area contributed by atoms with E-state index >= 15 is 0 Å². The fraction of sp³-hybridized carbons (Fsp3) is 0.400. The summed E-state index contributed by atoms with van der Waals surface area (Å²) in [6, 6.07) is 1.87. The number of ether oxygens (including phenoxy) is 1. The van der Waals surface area contributed by atoms with E-state index < -0.39 is 5.41 Å². The normalized spacial score (nSPS) is 18.5. The van der Waals surface area contributed by atoms with Gasteiger partial charge in [0.05, 0.1) is 5.41 Å². The van der Waals surface area contributed by atoms with E-state index in [0.29, 0.717) is 18.2 Å². The van der Waals surface area contributed by atoms with Crippen molar-refractivity contribution in [3.8, 4) is 5.75 Å². The number of amides is 1. The summed E-state index contributed by atoms with van der Waals surface area (Å²) in [6.45, 7) is 4.06. The second-order valence-corrected chi connectivity index (χ2v) is 5.37.